The smallest absolute Gasteiger partial charge is 0.379 e. The highest BCUT2D eigenvalue weighted by molar-refractivity contribution is 7.99. The number of sulfonamides is 1. The number of amides is 2. The van der Waals surface area contributed by atoms with Gasteiger partial charge in [-0.1, -0.05) is 48.5 Å². The van der Waals surface area contributed by atoms with Gasteiger partial charge in [-0.3, -0.25) is 14.5 Å². The molecule has 0 saturated carbocycles. The zero-order chi connectivity index (χ0) is 45.8. The van der Waals surface area contributed by atoms with Crippen molar-refractivity contribution in [2.24, 2.45) is 5.92 Å². The molecule has 2 aliphatic rings. The monoisotopic (exact) mass is 963 g/mol. The number of ether oxygens (including phenoxy) is 1. The highest BCUT2D eigenvalue weighted by atomic mass is 35.5. The van der Waals surface area contributed by atoms with Crippen molar-refractivity contribution in [1.29, 1.82) is 0 Å². The van der Waals surface area contributed by atoms with Gasteiger partial charge in [-0.15, -0.1) is 11.8 Å². The second-order valence-corrected chi connectivity index (χ2v) is 21.1. The van der Waals surface area contributed by atoms with Crippen molar-refractivity contribution in [2.75, 3.05) is 55.4 Å². The minimum Gasteiger partial charge on any atom is -0.379 e. The summed E-state index contributed by atoms with van der Waals surface area (Å²) in [4.78, 5) is 39.4. The van der Waals surface area contributed by atoms with E-state index in [0.29, 0.717) is 86.9 Å². The van der Waals surface area contributed by atoms with E-state index in [2.05, 4.69) is 20.2 Å². The Bertz CT molecular complexity index is 2900. The Morgan fingerprint density at radius 1 is 0.877 bits per heavy atom. The summed E-state index contributed by atoms with van der Waals surface area (Å²) < 4.78 is 88.1. The van der Waals surface area contributed by atoms with E-state index in [1.807, 2.05) is 70.4 Å². The standard InChI is InChI=1S/C45H44ClF2N7O7S3/c46-45(47,48)64(58,59)39-27-35(16-15-33(39)26-31(17-20-53-22-24-62-25-23-53)30-63-34-9-2-1-3-10-34)65(60,61)52-44(57)38-12-7-14-41(49-38)55-21-18-32-8-6-11-36(37(32)28-55)43(56)51-40-29-54-19-5-4-13-42(54)50-40/h1-16,19,27,29,31H,17-18,20-26,28,30H2,(H,51,56)(H,52,57)/t31-/m0/s1. The van der Waals surface area contributed by atoms with Crippen molar-refractivity contribution in [2.45, 2.75) is 45.2 Å². The van der Waals surface area contributed by atoms with Gasteiger partial charge in [0.2, 0.25) is 0 Å². The molecule has 5 heterocycles. The van der Waals surface area contributed by atoms with Crippen molar-refractivity contribution >= 4 is 72.3 Å². The van der Waals surface area contributed by atoms with Crippen LogP contribution in [0.15, 0.2) is 130 Å². The Labute approximate surface area is 384 Å². The third kappa shape index (κ3) is 10.8. The van der Waals surface area contributed by atoms with Gasteiger partial charge in [0.1, 0.15) is 17.2 Å². The number of morpholine rings is 1. The van der Waals surface area contributed by atoms with Gasteiger partial charge in [-0.25, -0.2) is 31.5 Å². The van der Waals surface area contributed by atoms with E-state index in [1.54, 1.807) is 28.8 Å². The summed E-state index contributed by atoms with van der Waals surface area (Å²) in [7, 11) is -10.5. The Morgan fingerprint density at radius 3 is 2.42 bits per heavy atom. The molecule has 2 N–H and O–H groups in total. The van der Waals surface area contributed by atoms with Crippen LogP contribution in [0.3, 0.4) is 0 Å². The minimum atomic E-state index is -5.61. The largest absolute Gasteiger partial charge is 0.427 e. The van der Waals surface area contributed by atoms with Crippen LogP contribution in [0.25, 0.3) is 5.65 Å². The summed E-state index contributed by atoms with van der Waals surface area (Å²) in [6, 6.07) is 27.9. The first-order valence-corrected chi connectivity index (χ1v) is 25.0. The number of aromatic nitrogens is 3. The number of alkyl halides is 3. The van der Waals surface area contributed by atoms with E-state index in [-0.39, 0.29) is 36.0 Å². The second-order valence-electron chi connectivity index (χ2n) is 15.6. The van der Waals surface area contributed by atoms with Gasteiger partial charge in [0.05, 0.1) is 29.2 Å². The lowest BCUT2D eigenvalue weighted by Gasteiger charge is -2.31. The number of anilines is 2. The number of carbonyl (C=O) groups is 2. The number of fused-ring (bicyclic) bond motifs is 2. The van der Waals surface area contributed by atoms with E-state index >= 15 is 0 Å². The number of sulfone groups is 1. The molecule has 1 atom stereocenters. The summed E-state index contributed by atoms with van der Waals surface area (Å²) in [6.07, 6.45) is 4.68. The van der Waals surface area contributed by atoms with E-state index in [9.17, 15) is 35.2 Å². The van der Waals surface area contributed by atoms with Crippen LogP contribution in [0.1, 0.15) is 44.0 Å². The molecule has 65 heavy (non-hydrogen) atoms. The minimum absolute atomic E-state index is 0.0180. The Morgan fingerprint density at radius 2 is 1.65 bits per heavy atom. The average Bonchev–Trinajstić information content (AvgIpc) is 3.72. The van der Waals surface area contributed by atoms with E-state index in [1.165, 1.54) is 30.0 Å². The van der Waals surface area contributed by atoms with E-state index in [4.69, 9.17) is 16.3 Å². The maximum atomic E-state index is 14.7. The van der Waals surface area contributed by atoms with Crippen LogP contribution >= 0.6 is 23.4 Å². The maximum absolute atomic E-state index is 14.7. The summed E-state index contributed by atoms with van der Waals surface area (Å²) in [6.45, 7) is 3.95. The van der Waals surface area contributed by atoms with Gasteiger partial charge in [0.15, 0.2) is 5.82 Å². The summed E-state index contributed by atoms with van der Waals surface area (Å²) in [5, 5.41) is 2.87. The van der Waals surface area contributed by atoms with Crippen LogP contribution in [0, 0.1) is 5.92 Å². The fourth-order valence-corrected chi connectivity index (χ4v) is 11.2. The number of halogens is 3. The normalized spacial score (nSPS) is 15.3. The SMILES string of the molecule is O=C(NS(=O)(=O)c1ccc(C[C@H](CCN2CCOCC2)CSc2ccccc2)c(S(=O)(=O)C(F)(F)Cl)c1)c1cccc(N2CCc3cccc(C(=O)Nc4cn5ccccc5n4)c3C2)n1. The van der Waals surface area contributed by atoms with Crippen LogP contribution in [0.5, 0.6) is 0 Å². The van der Waals surface area contributed by atoms with Gasteiger partial charge in [0, 0.05) is 48.6 Å². The first-order chi connectivity index (χ1) is 31.1. The number of thioether (sulfide) groups is 1. The first-order valence-electron chi connectivity index (χ1n) is 20.7. The third-order valence-corrected chi connectivity index (χ3v) is 16.0. The lowest BCUT2D eigenvalue weighted by atomic mass is 9.94. The molecule has 0 radical (unpaired) electrons. The highest BCUT2D eigenvalue weighted by Crippen LogP contribution is 2.37. The molecule has 3 aromatic heterocycles. The van der Waals surface area contributed by atoms with Crippen LogP contribution in [0.4, 0.5) is 20.4 Å². The topological polar surface area (TPSA) is 172 Å². The fraction of sp³-hybridized carbons (Fsp3) is 0.289. The maximum Gasteiger partial charge on any atom is 0.427 e. The molecule has 0 unspecified atom stereocenters. The molecular weight excluding hydrogens is 920 g/mol. The molecule has 8 rings (SSSR count). The quantitative estimate of drug-likeness (QED) is 0.0761. The molecule has 0 aliphatic carbocycles. The number of nitrogens with zero attached hydrogens (tertiary/aromatic N) is 5. The molecule has 2 aliphatic heterocycles. The summed E-state index contributed by atoms with van der Waals surface area (Å²) in [5.41, 5.74) is 2.47. The molecule has 14 nitrogen and oxygen atoms in total. The van der Waals surface area contributed by atoms with Crippen LogP contribution in [0.2, 0.25) is 0 Å². The zero-order valence-corrected chi connectivity index (χ0v) is 38.0. The Kier molecular flexibility index (Phi) is 13.9. The van der Waals surface area contributed by atoms with Gasteiger partial charge in [0.25, 0.3) is 31.7 Å². The molecule has 20 heteroatoms. The molecule has 6 aromatic rings. The molecule has 340 valence electrons. The first kappa shape index (κ1) is 46.1. The lowest BCUT2D eigenvalue weighted by Crippen LogP contribution is -2.37. The van der Waals surface area contributed by atoms with Crippen molar-refractivity contribution < 1.29 is 39.9 Å². The predicted molar refractivity (Wildman–Crippen MR) is 244 cm³/mol. The molecule has 2 amide bonds. The molecule has 0 bridgehead atoms. The van der Waals surface area contributed by atoms with Gasteiger partial charge in [-0.05, 0) is 115 Å². The number of hydrogen-bond acceptors (Lipinski definition) is 12. The van der Waals surface area contributed by atoms with Crippen molar-refractivity contribution in [3.8, 4) is 0 Å². The Hall–Kier alpha value is -5.44. The third-order valence-electron chi connectivity index (χ3n) is 11.3. The van der Waals surface area contributed by atoms with Crippen LogP contribution in [-0.2, 0) is 44.0 Å². The van der Waals surface area contributed by atoms with Crippen LogP contribution < -0.4 is 14.9 Å². The fourth-order valence-electron chi connectivity index (χ4n) is 7.85. The number of imidazole rings is 1. The van der Waals surface area contributed by atoms with Gasteiger partial charge in [-0.2, -0.15) is 8.78 Å². The zero-order valence-electron chi connectivity index (χ0n) is 34.8. The summed E-state index contributed by atoms with van der Waals surface area (Å²) >= 11 is 6.72. The second kappa shape index (κ2) is 19.6. The predicted octanol–water partition coefficient (Wildman–Crippen LogP) is 6.90. The number of carbonyl (C=O) groups excluding carboxylic acids is 2. The number of rotatable bonds is 16. The Balaban J connectivity index is 1.000. The molecule has 1 fully saturated rings. The van der Waals surface area contributed by atoms with Gasteiger partial charge >= 0.3 is 4.71 Å². The van der Waals surface area contributed by atoms with Gasteiger partial charge < -0.3 is 19.4 Å². The van der Waals surface area contributed by atoms with Crippen LogP contribution in [-0.4, -0.2) is 97.8 Å². The number of hydrogen-bond donors (Lipinski definition) is 2. The van der Waals surface area contributed by atoms with Crippen molar-refractivity contribution in [3.05, 3.63) is 143 Å². The molecule has 0 spiro atoms. The van der Waals surface area contributed by atoms with E-state index < -0.39 is 40.3 Å². The lowest BCUT2D eigenvalue weighted by molar-refractivity contribution is 0.0357. The van der Waals surface area contributed by atoms with E-state index in [0.717, 1.165) is 22.1 Å². The molecule has 3 aromatic carbocycles. The van der Waals surface area contributed by atoms with Crippen molar-refractivity contribution in [1.82, 2.24) is 24.0 Å². The van der Waals surface area contributed by atoms with Crippen molar-refractivity contribution in [3.63, 3.8) is 0 Å². The highest BCUT2D eigenvalue weighted by Gasteiger charge is 2.46. The summed E-state index contributed by atoms with van der Waals surface area (Å²) in [5.74, 6) is -0.506. The molecular formula is C45H44ClF2N7O7S3. The number of benzene rings is 3. The number of nitrogens with one attached hydrogen (secondary N) is 2. The average molecular weight is 965 g/mol. The number of pyridine rings is 2. The molecule has 1 saturated heterocycles.